The van der Waals surface area contributed by atoms with Gasteiger partial charge in [-0.2, -0.15) is 0 Å². The number of anilines is 1. The molecule has 0 N–H and O–H groups in total. The van der Waals surface area contributed by atoms with Crippen LogP contribution in [0.25, 0.3) is 22.2 Å². The van der Waals surface area contributed by atoms with Gasteiger partial charge in [-0.3, -0.25) is 14.4 Å². The number of aromatic nitrogens is 1. The standard InChI is InChI=1S/C31H18BrClN2O5S/c1-16-27(33)23(32)13-21-22(31(39)40-15-25(36)26-7-4-12-41-26)14-24(34-28(16)21)17-8-10-18(11-9-17)35-29(37)19-5-2-3-6-20(19)30(35)38/h2-14H,15H2,1H3. The molecule has 2 aromatic heterocycles. The monoisotopic (exact) mass is 644 g/mol. The van der Waals surface area contributed by atoms with Crippen LogP contribution in [-0.2, 0) is 4.74 Å². The molecule has 0 saturated carbocycles. The van der Waals surface area contributed by atoms with Crippen molar-refractivity contribution in [1.82, 2.24) is 4.98 Å². The Labute approximate surface area is 251 Å². The molecule has 3 heterocycles. The van der Waals surface area contributed by atoms with Crippen molar-refractivity contribution in [2.75, 3.05) is 11.5 Å². The van der Waals surface area contributed by atoms with E-state index in [0.717, 1.165) is 4.90 Å². The predicted octanol–water partition coefficient (Wildman–Crippen LogP) is 7.53. The zero-order valence-corrected chi connectivity index (χ0v) is 24.5. The van der Waals surface area contributed by atoms with Crippen LogP contribution in [0.1, 0.15) is 46.3 Å². The lowest BCUT2D eigenvalue weighted by atomic mass is 10.0. The lowest BCUT2D eigenvalue weighted by Crippen LogP contribution is -2.29. The number of Topliss-reactive ketones (excluding diaryl/α,β-unsaturated/α-hetero) is 1. The number of imide groups is 1. The molecule has 0 fully saturated rings. The van der Waals surface area contributed by atoms with Gasteiger partial charge < -0.3 is 4.74 Å². The first-order valence-corrected chi connectivity index (χ1v) is 14.4. The lowest BCUT2D eigenvalue weighted by molar-refractivity contribution is 0.0477. The third-order valence-electron chi connectivity index (χ3n) is 6.79. The molecular formula is C31H18BrClN2O5S. The summed E-state index contributed by atoms with van der Waals surface area (Å²) in [5.74, 6) is -1.75. The van der Waals surface area contributed by atoms with Gasteiger partial charge in [0, 0.05) is 15.4 Å². The number of fused-ring (bicyclic) bond motifs is 2. The van der Waals surface area contributed by atoms with Crippen molar-refractivity contribution < 1.29 is 23.9 Å². The summed E-state index contributed by atoms with van der Waals surface area (Å²) in [4.78, 5) is 58.0. The summed E-state index contributed by atoms with van der Waals surface area (Å²) in [5, 5.41) is 2.75. The summed E-state index contributed by atoms with van der Waals surface area (Å²) in [6.45, 7) is 1.40. The second-order valence-electron chi connectivity index (χ2n) is 9.26. The molecule has 0 aliphatic carbocycles. The van der Waals surface area contributed by atoms with Gasteiger partial charge in [0.05, 0.1) is 43.5 Å². The number of aryl methyl sites for hydroxylation is 1. The van der Waals surface area contributed by atoms with E-state index in [1.807, 2.05) is 0 Å². The van der Waals surface area contributed by atoms with Crippen LogP contribution in [0.15, 0.2) is 82.6 Å². The van der Waals surface area contributed by atoms with Gasteiger partial charge in [-0.15, -0.1) is 11.3 Å². The maximum atomic E-state index is 13.3. The number of rotatable bonds is 6. The van der Waals surface area contributed by atoms with E-state index in [1.54, 1.807) is 85.1 Å². The summed E-state index contributed by atoms with van der Waals surface area (Å²) >= 11 is 11.2. The molecule has 7 nitrogen and oxygen atoms in total. The highest BCUT2D eigenvalue weighted by atomic mass is 79.9. The third kappa shape index (κ3) is 4.76. The number of carbonyl (C=O) groups excluding carboxylic acids is 4. The Kier molecular flexibility index (Phi) is 7.03. The average Bonchev–Trinajstić information content (AvgIpc) is 3.62. The fourth-order valence-corrected chi connectivity index (χ4v) is 6.02. The molecule has 3 aromatic carbocycles. The van der Waals surface area contributed by atoms with Crippen molar-refractivity contribution in [2.45, 2.75) is 6.92 Å². The van der Waals surface area contributed by atoms with Gasteiger partial charge in [0.1, 0.15) is 0 Å². The van der Waals surface area contributed by atoms with Crippen LogP contribution >= 0.6 is 38.9 Å². The number of pyridine rings is 1. The number of ether oxygens (including phenoxy) is 1. The number of thiophene rings is 1. The number of carbonyl (C=O) groups is 4. The fourth-order valence-electron chi connectivity index (χ4n) is 4.70. The van der Waals surface area contributed by atoms with Crippen LogP contribution < -0.4 is 4.90 Å². The van der Waals surface area contributed by atoms with E-state index in [9.17, 15) is 19.2 Å². The van der Waals surface area contributed by atoms with E-state index < -0.39 is 12.6 Å². The van der Waals surface area contributed by atoms with Crippen LogP contribution in [0.3, 0.4) is 0 Å². The molecule has 6 rings (SSSR count). The number of benzene rings is 3. The quantitative estimate of drug-likeness (QED) is 0.108. The van der Waals surface area contributed by atoms with Crippen molar-refractivity contribution >= 4 is 79.0 Å². The number of halogens is 2. The second kappa shape index (κ2) is 10.7. The first-order valence-electron chi connectivity index (χ1n) is 12.4. The molecule has 10 heteroatoms. The second-order valence-corrected chi connectivity index (χ2v) is 11.4. The van der Waals surface area contributed by atoms with Crippen molar-refractivity contribution in [3.05, 3.63) is 115 Å². The molecule has 0 saturated heterocycles. The number of esters is 1. The van der Waals surface area contributed by atoms with Crippen molar-refractivity contribution in [1.29, 1.82) is 0 Å². The summed E-state index contributed by atoms with van der Waals surface area (Å²) in [7, 11) is 0. The minimum absolute atomic E-state index is 0.217. The van der Waals surface area contributed by atoms with Gasteiger partial charge in [-0.1, -0.05) is 41.9 Å². The van der Waals surface area contributed by atoms with Crippen LogP contribution in [0.2, 0.25) is 5.02 Å². The highest BCUT2D eigenvalue weighted by Crippen LogP contribution is 2.36. The number of hydrogen-bond donors (Lipinski definition) is 0. The van der Waals surface area contributed by atoms with Gasteiger partial charge in [-0.05, 0) is 76.3 Å². The number of hydrogen-bond acceptors (Lipinski definition) is 7. The molecule has 1 aliphatic heterocycles. The SMILES string of the molecule is Cc1c(Cl)c(Br)cc2c(C(=O)OCC(=O)c3cccs3)cc(-c3ccc(N4C(=O)c5ccccc5C4=O)cc3)nc12. The van der Waals surface area contributed by atoms with Crippen LogP contribution in [0, 0.1) is 6.92 Å². The molecule has 1 aliphatic rings. The lowest BCUT2D eigenvalue weighted by Gasteiger charge is -2.15. The smallest absolute Gasteiger partial charge is 0.339 e. The van der Waals surface area contributed by atoms with Gasteiger partial charge in [0.25, 0.3) is 11.8 Å². The van der Waals surface area contributed by atoms with Crippen LogP contribution in [0.5, 0.6) is 0 Å². The van der Waals surface area contributed by atoms with E-state index in [4.69, 9.17) is 21.3 Å². The maximum Gasteiger partial charge on any atom is 0.339 e. The van der Waals surface area contributed by atoms with E-state index in [0.29, 0.717) is 58.9 Å². The maximum absolute atomic E-state index is 13.3. The molecule has 2 amide bonds. The van der Waals surface area contributed by atoms with Crippen molar-refractivity contribution in [3.8, 4) is 11.3 Å². The minimum atomic E-state index is -0.681. The molecule has 0 atom stereocenters. The Hall–Kier alpha value is -4.18. The van der Waals surface area contributed by atoms with E-state index in [2.05, 4.69) is 15.9 Å². The fraction of sp³-hybridized carbons (Fsp3) is 0.0645. The molecule has 202 valence electrons. The molecule has 5 aromatic rings. The highest BCUT2D eigenvalue weighted by molar-refractivity contribution is 9.10. The zero-order valence-electron chi connectivity index (χ0n) is 21.3. The molecule has 0 spiro atoms. The first kappa shape index (κ1) is 27.0. The van der Waals surface area contributed by atoms with Gasteiger partial charge in [0.15, 0.2) is 6.61 Å². The highest BCUT2D eigenvalue weighted by Gasteiger charge is 2.36. The van der Waals surface area contributed by atoms with E-state index >= 15 is 0 Å². The Morgan fingerprint density at radius 2 is 1.66 bits per heavy atom. The molecular weight excluding hydrogens is 628 g/mol. The Bertz CT molecular complexity index is 1870. The number of nitrogens with zero attached hydrogens (tertiary/aromatic N) is 2. The van der Waals surface area contributed by atoms with Crippen LogP contribution in [0.4, 0.5) is 5.69 Å². The predicted molar refractivity (Wildman–Crippen MR) is 161 cm³/mol. The third-order valence-corrected chi connectivity index (χ3v) is 9.04. The van der Waals surface area contributed by atoms with E-state index in [1.165, 1.54) is 11.3 Å². The Balaban J connectivity index is 1.37. The summed E-state index contributed by atoms with van der Waals surface area (Å²) in [6.07, 6.45) is 0. The topological polar surface area (TPSA) is 93.6 Å². The molecule has 0 unspecified atom stereocenters. The number of ketones is 1. The summed E-state index contributed by atoms with van der Waals surface area (Å²) in [6, 6.07) is 20.2. The van der Waals surface area contributed by atoms with Gasteiger partial charge in [-0.25, -0.2) is 14.7 Å². The number of amides is 2. The van der Waals surface area contributed by atoms with Gasteiger partial charge >= 0.3 is 5.97 Å². The summed E-state index contributed by atoms with van der Waals surface area (Å²) < 4.78 is 6.01. The van der Waals surface area contributed by atoms with Crippen molar-refractivity contribution in [2.24, 2.45) is 0 Å². The van der Waals surface area contributed by atoms with Gasteiger partial charge in [0.2, 0.25) is 5.78 Å². The molecule has 41 heavy (non-hydrogen) atoms. The Morgan fingerprint density at radius 3 is 2.29 bits per heavy atom. The first-order chi connectivity index (χ1) is 19.7. The largest absolute Gasteiger partial charge is 0.454 e. The average molecular weight is 646 g/mol. The summed E-state index contributed by atoms with van der Waals surface area (Å²) in [5.41, 5.74) is 3.58. The van der Waals surface area contributed by atoms with E-state index in [-0.39, 0.29) is 23.2 Å². The molecule has 0 radical (unpaired) electrons. The normalized spacial score (nSPS) is 12.6. The van der Waals surface area contributed by atoms with Crippen molar-refractivity contribution in [3.63, 3.8) is 0 Å². The minimum Gasteiger partial charge on any atom is -0.454 e. The Morgan fingerprint density at radius 1 is 0.976 bits per heavy atom. The zero-order chi connectivity index (χ0) is 28.8. The van der Waals surface area contributed by atoms with Crippen LogP contribution in [-0.4, -0.2) is 35.2 Å². The molecule has 0 bridgehead atoms.